The first-order valence-electron chi connectivity index (χ1n) is 12.8. The number of benzene rings is 6. The van der Waals surface area contributed by atoms with Gasteiger partial charge in [0.15, 0.2) is 0 Å². The maximum Gasteiger partial charge on any atom is 0.0496 e. The molecule has 0 spiro atoms. The fourth-order valence-corrected chi connectivity index (χ4v) is 6.12. The summed E-state index contributed by atoms with van der Waals surface area (Å²) in [4.78, 5) is 2.35. The Kier molecular flexibility index (Phi) is 4.18. The van der Waals surface area contributed by atoms with Gasteiger partial charge in [-0.15, -0.1) is 0 Å². The summed E-state index contributed by atoms with van der Waals surface area (Å²) in [5.41, 5.74) is 14.9. The zero-order valence-electron chi connectivity index (χ0n) is 20.5. The van der Waals surface area contributed by atoms with Gasteiger partial charge in [-0.3, -0.25) is 0 Å². The highest BCUT2D eigenvalue weighted by Crippen LogP contribution is 2.54. The average molecular weight is 473 g/mol. The van der Waals surface area contributed by atoms with Gasteiger partial charge in [-0.2, -0.15) is 0 Å². The van der Waals surface area contributed by atoms with Crippen LogP contribution in [0.3, 0.4) is 0 Å². The third-order valence-electron chi connectivity index (χ3n) is 7.94. The molecule has 0 atom stereocenters. The molecule has 2 aliphatic heterocycles. The molecular formula is C35H24N2. The van der Waals surface area contributed by atoms with Gasteiger partial charge in [-0.25, -0.2) is 0 Å². The lowest BCUT2D eigenvalue weighted by Gasteiger charge is -2.33. The molecule has 6 aromatic rings. The second-order valence-electron chi connectivity index (χ2n) is 9.95. The molecule has 0 amide bonds. The second kappa shape index (κ2) is 7.59. The van der Waals surface area contributed by atoms with Crippen molar-refractivity contribution in [2.45, 2.75) is 0 Å². The Morgan fingerprint density at radius 2 is 1.03 bits per heavy atom. The topological polar surface area (TPSA) is 15.3 Å². The molecule has 0 radical (unpaired) electrons. The van der Waals surface area contributed by atoms with Crippen LogP contribution in [0.5, 0.6) is 0 Å². The van der Waals surface area contributed by atoms with Crippen molar-refractivity contribution in [2.75, 3.05) is 17.3 Å². The number of hydrogen-bond acceptors (Lipinski definition) is 2. The van der Waals surface area contributed by atoms with Crippen LogP contribution in [0.4, 0.5) is 22.7 Å². The summed E-state index contributed by atoms with van der Waals surface area (Å²) in [5.74, 6) is 0. The molecule has 0 aromatic heterocycles. The normalized spacial score (nSPS) is 12.6. The Labute approximate surface area is 216 Å². The Hall–Kier alpha value is -4.82. The van der Waals surface area contributed by atoms with Crippen molar-refractivity contribution in [2.24, 2.45) is 0 Å². The average Bonchev–Trinajstić information content (AvgIpc) is 2.97. The summed E-state index contributed by atoms with van der Waals surface area (Å²) in [5, 5.41) is 6.40. The molecule has 174 valence electrons. The van der Waals surface area contributed by atoms with Crippen molar-refractivity contribution in [1.29, 1.82) is 0 Å². The molecule has 0 bridgehead atoms. The molecule has 0 saturated heterocycles. The summed E-state index contributed by atoms with van der Waals surface area (Å²) in [6.45, 7) is 0. The molecule has 0 unspecified atom stereocenters. The van der Waals surface area contributed by atoms with Gasteiger partial charge < -0.3 is 10.2 Å². The van der Waals surface area contributed by atoms with E-state index in [2.05, 4.69) is 139 Å². The Balaban J connectivity index is 1.32. The molecule has 0 saturated carbocycles. The van der Waals surface area contributed by atoms with Crippen LogP contribution >= 0.6 is 0 Å². The number of fused-ring (bicyclic) bond motifs is 4. The molecule has 2 heterocycles. The molecule has 8 rings (SSSR count). The first-order valence-corrected chi connectivity index (χ1v) is 12.8. The van der Waals surface area contributed by atoms with Crippen LogP contribution in [0.25, 0.3) is 55.3 Å². The molecule has 6 aromatic carbocycles. The monoisotopic (exact) mass is 472 g/mol. The molecule has 2 heteroatoms. The van der Waals surface area contributed by atoms with E-state index in [1.165, 1.54) is 72.3 Å². The van der Waals surface area contributed by atoms with Gasteiger partial charge in [0.25, 0.3) is 0 Å². The van der Waals surface area contributed by atoms with Crippen LogP contribution in [-0.4, -0.2) is 7.05 Å². The Bertz CT molecular complexity index is 1850. The van der Waals surface area contributed by atoms with Crippen LogP contribution in [-0.2, 0) is 0 Å². The van der Waals surface area contributed by atoms with Crippen molar-refractivity contribution < 1.29 is 0 Å². The van der Waals surface area contributed by atoms with Gasteiger partial charge in [0.05, 0.1) is 0 Å². The zero-order valence-corrected chi connectivity index (χ0v) is 20.5. The number of nitrogens with zero attached hydrogens (tertiary/aromatic N) is 1. The molecule has 2 aliphatic rings. The largest absolute Gasteiger partial charge is 0.354 e. The fourth-order valence-electron chi connectivity index (χ4n) is 6.12. The second-order valence-corrected chi connectivity index (χ2v) is 9.95. The number of anilines is 4. The van der Waals surface area contributed by atoms with Crippen molar-refractivity contribution in [1.82, 2.24) is 0 Å². The van der Waals surface area contributed by atoms with Gasteiger partial charge >= 0.3 is 0 Å². The SMILES string of the molecule is CN1c2cc(-c3ccccc3)ccc2-c2ccc3c4c(ccc1c24)Nc1cc(-c2ccccc2)ccc1-3. The lowest BCUT2D eigenvalue weighted by Crippen LogP contribution is -2.16. The zero-order chi connectivity index (χ0) is 24.5. The molecular weight excluding hydrogens is 448 g/mol. The summed E-state index contributed by atoms with van der Waals surface area (Å²) in [6, 6.07) is 44.0. The minimum atomic E-state index is 1.16. The lowest BCUT2D eigenvalue weighted by molar-refractivity contribution is 1.21. The predicted molar refractivity (Wildman–Crippen MR) is 157 cm³/mol. The molecule has 0 aliphatic carbocycles. The Morgan fingerprint density at radius 3 is 1.73 bits per heavy atom. The van der Waals surface area contributed by atoms with Gasteiger partial charge in [0, 0.05) is 51.7 Å². The van der Waals surface area contributed by atoms with E-state index in [1.54, 1.807) is 0 Å². The summed E-state index contributed by atoms with van der Waals surface area (Å²) >= 11 is 0. The van der Waals surface area contributed by atoms with E-state index in [-0.39, 0.29) is 0 Å². The standard InChI is InChI=1S/C35H24N2/c1-37-32-19-18-30-34-28(26-14-12-24(20-31(26)36-30)22-8-4-2-5-9-22)16-17-29(35(32)34)27-15-13-25(21-33(27)37)23-10-6-3-7-11-23/h2-21,36H,1H3. The fraction of sp³-hybridized carbons (Fsp3) is 0.0286. The van der Waals surface area contributed by atoms with Crippen molar-refractivity contribution in [3.8, 4) is 44.5 Å². The predicted octanol–water partition coefficient (Wildman–Crippen LogP) is 9.65. The van der Waals surface area contributed by atoms with Crippen LogP contribution in [0, 0.1) is 0 Å². The highest BCUT2D eigenvalue weighted by Gasteiger charge is 2.28. The van der Waals surface area contributed by atoms with E-state index in [0.717, 1.165) is 5.69 Å². The van der Waals surface area contributed by atoms with Crippen molar-refractivity contribution in [3.05, 3.63) is 121 Å². The minimum Gasteiger partial charge on any atom is -0.354 e. The van der Waals surface area contributed by atoms with Crippen LogP contribution in [0.2, 0.25) is 0 Å². The van der Waals surface area contributed by atoms with Crippen LogP contribution < -0.4 is 10.2 Å². The summed E-state index contributed by atoms with van der Waals surface area (Å²) in [7, 11) is 2.19. The van der Waals surface area contributed by atoms with E-state index in [4.69, 9.17) is 0 Å². The molecule has 37 heavy (non-hydrogen) atoms. The van der Waals surface area contributed by atoms with Gasteiger partial charge in [-0.1, -0.05) is 97.1 Å². The van der Waals surface area contributed by atoms with Crippen LogP contribution in [0.15, 0.2) is 121 Å². The van der Waals surface area contributed by atoms with Gasteiger partial charge in [-0.05, 0) is 57.6 Å². The maximum absolute atomic E-state index is 3.77. The van der Waals surface area contributed by atoms with Gasteiger partial charge in [0.1, 0.15) is 0 Å². The van der Waals surface area contributed by atoms with E-state index in [1.807, 2.05) is 0 Å². The Morgan fingerprint density at radius 1 is 0.432 bits per heavy atom. The maximum atomic E-state index is 3.77. The van der Waals surface area contributed by atoms with Crippen LogP contribution in [0.1, 0.15) is 0 Å². The number of hydrogen-bond donors (Lipinski definition) is 1. The third-order valence-corrected chi connectivity index (χ3v) is 7.94. The summed E-state index contributed by atoms with van der Waals surface area (Å²) in [6.07, 6.45) is 0. The van der Waals surface area contributed by atoms with E-state index < -0.39 is 0 Å². The quantitative estimate of drug-likeness (QED) is 0.269. The molecule has 0 fully saturated rings. The van der Waals surface area contributed by atoms with Crippen molar-refractivity contribution >= 4 is 33.5 Å². The third kappa shape index (κ3) is 2.93. The first-order chi connectivity index (χ1) is 18.3. The van der Waals surface area contributed by atoms with E-state index in [0.29, 0.717) is 0 Å². The lowest BCUT2D eigenvalue weighted by atomic mass is 9.84. The van der Waals surface area contributed by atoms with Gasteiger partial charge in [0.2, 0.25) is 0 Å². The summed E-state index contributed by atoms with van der Waals surface area (Å²) < 4.78 is 0. The minimum absolute atomic E-state index is 1.16. The molecule has 1 N–H and O–H groups in total. The van der Waals surface area contributed by atoms with E-state index >= 15 is 0 Å². The molecule has 2 nitrogen and oxygen atoms in total. The smallest absolute Gasteiger partial charge is 0.0496 e. The first kappa shape index (κ1) is 20.4. The van der Waals surface area contributed by atoms with E-state index in [9.17, 15) is 0 Å². The number of nitrogens with one attached hydrogen (secondary N) is 1. The van der Waals surface area contributed by atoms with Crippen molar-refractivity contribution in [3.63, 3.8) is 0 Å². The highest BCUT2D eigenvalue weighted by molar-refractivity contribution is 6.22. The highest BCUT2D eigenvalue weighted by atomic mass is 15.1. The number of rotatable bonds is 2.